The molecule has 0 unspecified atom stereocenters. The molecule has 0 atom stereocenters. The van der Waals surface area contributed by atoms with E-state index in [4.69, 9.17) is 0 Å². The van der Waals surface area contributed by atoms with Gasteiger partial charge in [-0.2, -0.15) is 18.3 Å². The molecule has 1 saturated heterocycles. The molecule has 0 spiro atoms. The van der Waals surface area contributed by atoms with Crippen molar-refractivity contribution in [2.45, 2.75) is 19.6 Å². The van der Waals surface area contributed by atoms with Crippen molar-refractivity contribution in [2.24, 2.45) is 5.92 Å². The fourth-order valence-electron chi connectivity index (χ4n) is 4.64. The molecule has 2 amide bonds. The average molecular weight is 525 g/mol. The van der Waals surface area contributed by atoms with Crippen LogP contribution in [0, 0.1) is 18.7 Å². The highest BCUT2D eigenvalue weighted by molar-refractivity contribution is 6.00. The predicted molar refractivity (Wildman–Crippen MR) is 134 cm³/mol. The van der Waals surface area contributed by atoms with E-state index >= 15 is 0 Å². The molecule has 10 heteroatoms. The highest BCUT2D eigenvalue weighted by Crippen LogP contribution is 2.26. The second-order valence-corrected chi connectivity index (χ2v) is 9.48. The average Bonchev–Trinajstić information content (AvgIpc) is 3.28. The summed E-state index contributed by atoms with van der Waals surface area (Å²) in [6, 6.07) is 16.5. The fraction of sp³-hybridized carbons (Fsp3) is 0.250. The first-order chi connectivity index (χ1) is 18.1. The first kappa shape index (κ1) is 25.4. The lowest BCUT2D eigenvalue weighted by atomic mass is 9.98. The van der Waals surface area contributed by atoms with E-state index < -0.39 is 18.6 Å². The number of halogens is 4. The van der Waals surface area contributed by atoms with Crippen LogP contribution in [-0.2, 0) is 6.54 Å². The predicted octanol–water partition coefficient (Wildman–Crippen LogP) is 5.22. The van der Waals surface area contributed by atoms with E-state index in [1.54, 1.807) is 53.0 Å². The first-order valence-corrected chi connectivity index (χ1v) is 12.0. The zero-order valence-corrected chi connectivity index (χ0v) is 20.4. The second-order valence-electron chi connectivity index (χ2n) is 9.48. The van der Waals surface area contributed by atoms with Gasteiger partial charge in [-0.1, -0.05) is 24.3 Å². The number of carbonyl (C=O) groups excluding carboxylic acids is 2. The molecule has 4 aromatic rings. The van der Waals surface area contributed by atoms with Crippen molar-refractivity contribution in [3.8, 4) is 11.1 Å². The lowest BCUT2D eigenvalue weighted by Gasteiger charge is -2.39. The number of benzene rings is 3. The fourth-order valence-corrected chi connectivity index (χ4v) is 4.64. The molecule has 1 N–H and O–H groups in total. The van der Waals surface area contributed by atoms with E-state index in [0.717, 1.165) is 11.1 Å². The molecule has 0 radical (unpaired) electrons. The van der Waals surface area contributed by atoms with Crippen LogP contribution in [0.25, 0.3) is 22.0 Å². The molecule has 196 valence electrons. The summed E-state index contributed by atoms with van der Waals surface area (Å²) in [6.07, 6.45) is -2.70. The van der Waals surface area contributed by atoms with E-state index in [1.807, 2.05) is 17.4 Å². The van der Waals surface area contributed by atoms with Gasteiger partial charge in [0.25, 0.3) is 11.8 Å². The summed E-state index contributed by atoms with van der Waals surface area (Å²) in [5.74, 6) is -0.957. The molecule has 1 aliphatic heterocycles. The smallest absolute Gasteiger partial charge is 0.343 e. The summed E-state index contributed by atoms with van der Waals surface area (Å²) in [5, 5.41) is 7.13. The van der Waals surface area contributed by atoms with Crippen molar-refractivity contribution in [3.63, 3.8) is 0 Å². The van der Waals surface area contributed by atoms with Crippen molar-refractivity contribution in [1.29, 1.82) is 0 Å². The molecule has 6 nitrogen and oxygen atoms in total. The summed E-state index contributed by atoms with van der Waals surface area (Å²) in [4.78, 5) is 26.9. The number of rotatable bonds is 6. The van der Waals surface area contributed by atoms with Crippen LogP contribution in [0.3, 0.4) is 0 Å². The van der Waals surface area contributed by atoms with Gasteiger partial charge in [0, 0.05) is 48.3 Å². The Morgan fingerprint density at radius 2 is 1.61 bits per heavy atom. The molecule has 0 bridgehead atoms. The van der Waals surface area contributed by atoms with Gasteiger partial charge in [0.1, 0.15) is 12.4 Å². The maximum atomic E-state index is 13.1. The SMILES string of the molecule is Cc1c(C(=O)NCC(F)(F)F)ccc2nn(CC3CN(C(=O)c4ccc(-c5ccc(F)cc5)cc4)C3)cc12. The Morgan fingerprint density at radius 1 is 0.974 bits per heavy atom. The number of nitrogens with zero attached hydrogens (tertiary/aromatic N) is 3. The summed E-state index contributed by atoms with van der Waals surface area (Å²) < 4.78 is 52.3. The summed E-state index contributed by atoms with van der Waals surface area (Å²) >= 11 is 0. The number of aromatic nitrogens is 2. The van der Waals surface area contributed by atoms with Crippen LogP contribution in [0.1, 0.15) is 26.3 Å². The van der Waals surface area contributed by atoms with Crippen molar-refractivity contribution < 1.29 is 27.2 Å². The van der Waals surface area contributed by atoms with Crippen molar-refractivity contribution in [3.05, 3.63) is 89.4 Å². The summed E-state index contributed by atoms with van der Waals surface area (Å²) in [6.45, 7) is 1.99. The quantitative estimate of drug-likeness (QED) is 0.352. The van der Waals surface area contributed by atoms with Gasteiger partial charge in [-0.25, -0.2) is 4.39 Å². The molecule has 2 heterocycles. The Labute approximate surface area is 215 Å². The highest BCUT2D eigenvalue weighted by Gasteiger charge is 2.32. The Balaban J connectivity index is 1.19. The number of carbonyl (C=O) groups is 2. The minimum Gasteiger partial charge on any atom is -0.343 e. The zero-order valence-electron chi connectivity index (χ0n) is 20.4. The normalized spacial score (nSPS) is 14.0. The molecule has 5 rings (SSSR count). The molecule has 0 saturated carbocycles. The van der Waals surface area contributed by atoms with E-state index in [-0.39, 0.29) is 23.2 Å². The summed E-state index contributed by atoms with van der Waals surface area (Å²) in [5.41, 5.74) is 3.71. The lowest BCUT2D eigenvalue weighted by molar-refractivity contribution is -0.123. The zero-order chi connectivity index (χ0) is 27.0. The van der Waals surface area contributed by atoms with Gasteiger partial charge in [0.15, 0.2) is 0 Å². The van der Waals surface area contributed by atoms with Crippen molar-refractivity contribution in [1.82, 2.24) is 20.0 Å². The van der Waals surface area contributed by atoms with E-state index in [1.165, 1.54) is 18.2 Å². The number of fused-ring (bicyclic) bond motifs is 1. The van der Waals surface area contributed by atoms with Gasteiger partial charge in [-0.3, -0.25) is 14.3 Å². The van der Waals surface area contributed by atoms with Gasteiger partial charge >= 0.3 is 6.18 Å². The third-order valence-electron chi connectivity index (χ3n) is 6.70. The van der Waals surface area contributed by atoms with Crippen molar-refractivity contribution in [2.75, 3.05) is 19.6 Å². The van der Waals surface area contributed by atoms with Gasteiger partial charge in [0.05, 0.1) is 5.52 Å². The van der Waals surface area contributed by atoms with Crippen LogP contribution >= 0.6 is 0 Å². The lowest BCUT2D eigenvalue weighted by Crippen LogP contribution is -2.51. The van der Waals surface area contributed by atoms with Crippen LogP contribution in [0.5, 0.6) is 0 Å². The highest BCUT2D eigenvalue weighted by atomic mass is 19.4. The Kier molecular flexibility index (Phi) is 6.64. The maximum absolute atomic E-state index is 13.1. The van der Waals surface area contributed by atoms with E-state index in [9.17, 15) is 27.2 Å². The number of hydrogen-bond donors (Lipinski definition) is 1. The van der Waals surface area contributed by atoms with E-state index in [2.05, 4.69) is 5.10 Å². The van der Waals surface area contributed by atoms with Crippen molar-refractivity contribution >= 4 is 22.7 Å². The molecule has 1 aromatic heterocycles. The van der Waals surface area contributed by atoms with E-state index in [0.29, 0.717) is 41.7 Å². The number of alkyl halides is 3. The van der Waals surface area contributed by atoms with Crippen LogP contribution in [0.15, 0.2) is 66.9 Å². The monoisotopic (exact) mass is 524 g/mol. The van der Waals surface area contributed by atoms with Gasteiger partial charge in [0.2, 0.25) is 0 Å². The largest absolute Gasteiger partial charge is 0.405 e. The number of hydrogen-bond acceptors (Lipinski definition) is 3. The van der Waals surface area contributed by atoms with Crippen LogP contribution in [-0.4, -0.2) is 52.3 Å². The minimum atomic E-state index is -4.48. The molecule has 38 heavy (non-hydrogen) atoms. The van der Waals surface area contributed by atoms with Crippen LogP contribution in [0.4, 0.5) is 17.6 Å². The van der Waals surface area contributed by atoms with Crippen LogP contribution < -0.4 is 5.32 Å². The number of nitrogens with one attached hydrogen (secondary N) is 1. The third kappa shape index (κ3) is 5.39. The van der Waals surface area contributed by atoms with Gasteiger partial charge in [-0.05, 0) is 60.0 Å². The number of aryl methyl sites for hydroxylation is 1. The topological polar surface area (TPSA) is 67.2 Å². The minimum absolute atomic E-state index is 0.0668. The van der Waals surface area contributed by atoms with Gasteiger partial charge in [-0.15, -0.1) is 0 Å². The van der Waals surface area contributed by atoms with Gasteiger partial charge < -0.3 is 10.2 Å². The number of amides is 2. The summed E-state index contributed by atoms with van der Waals surface area (Å²) in [7, 11) is 0. The van der Waals surface area contributed by atoms with Crippen LogP contribution in [0.2, 0.25) is 0 Å². The Hall–Kier alpha value is -4.21. The standard InChI is InChI=1S/C28H24F4N4O2/c1-17-23(26(37)33-16-28(30,31)32)10-11-25-24(17)15-36(34-25)14-18-12-35(13-18)27(38)21-4-2-19(3-5-21)20-6-8-22(29)9-7-20/h2-11,15,18H,12-14,16H2,1H3,(H,33,37). The number of likely N-dealkylation sites (tertiary alicyclic amines) is 1. The molecule has 3 aromatic carbocycles. The molecule has 0 aliphatic carbocycles. The molecule has 1 aliphatic rings. The molecular weight excluding hydrogens is 500 g/mol. The Morgan fingerprint density at radius 3 is 2.24 bits per heavy atom. The molecular formula is C28H24F4N4O2. The third-order valence-corrected chi connectivity index (χ3v) is 6.70. The second kappa shape index (κ2) is 9.92. The Bertz CT molecular complexity index is 1490. The maximum Gasteiger partial charge on any atom is 0.405 e. The molecule has 1 fully saturated rings. The first-order valence-electron chi connectivity index (χ1n) is 12.0.